The van der Waals surface area contributed by atoms with Crippen LogP contribution in [0, 0.1) is 5.82 Å². The summed E-state index contributed by atoms with van der Waals surface area (Å²) in [4.78, 5) is 11.9. The van der Waals surface area contributed by atoms with Crippen LogP contribution in [0.15, 0.2) is 53.0 Å². The number of carbonyl (C=O) groups excluding carboxylic acids is 1. The summed E-state index contributed by atoms with van der Waals surface area (Å²) in [6.07, 6.45) is 3.21. The summed E-state index contributed by atoms with van der Waals surface area (Å²) in [5.74, 6) is -0.624. The topological polar surface area (TPSA) is 29.1 Å². The molecule has 2 nitrogen and oxygen atoms in total. The fourth-order valence-corrected chi connectivity index (χ4v) is 2.48. The molecule has 4 heteroatoms. The fraction of sp³-hybridized carbons (Fsp3) is 0.211. The quantitative estimate of drug-likeness (QED) is 0.701. The number of hydrogen-bond acceptors (Lipinski definition) is 1. The third-order valence-corrected chi connectivity index (χ3v) is 4.05. The van der Waals surface area contributed by atoms with Crippen LogP contribution in [0.5, 0.6) is 0 Å². The lowest BCUT2D eigenvalue weighted by molar-refractivity contribution is -0.111. The van der Waals surface area contributed by atoms with E-state index >= 15 is 0 Å². The highest BCUT2D eigenvalue weighted by molar-refractivity contribution is 9.10. The van der Waals surface area contributed by atoms with Gasteiger partial charge in [-0.15, -0.1) is 0 Å². The first-order chi connectivity index (χ1) is 10.8. The van der Waals surface area contributed by atoms with Crippen molar-refractivity contribution < 1.29 is 9.18 Å². The van der Waals surface area contributed by atoms with Crippen LogP contribution in [0.2, 0.25) is 0 Å². The minimum absolute atomic E-state index is 0.106. The lowest BCUT2D eigenvalue weighted by atomic mass is 9.87. The zero-order valence-electron chi connectivity index (χ0n) is 13.4. The van der Waals surface area contributed by atoms with Gasteiger partial charge >= 0.3 is 0 Å². The van der Waals surface area contributed by atoms with Gasteiger partial charge in [0.1, 0.15) is 5.82 Å². The monoisotopic (exact) mass is 375 g/mol. The van der Waals surface area contributed by atoms with Crippen molar-refractivity contribution in [3.05, 3.63) is 70.0 Å². The highest BCUT2D eigenvalue weighted by Crippen LogP contribution is 2.24. The summed E-state index contributed by atoms with van der Waals surface area (Å²) in [6.45, 7) is 6.48. The molecule has 0 fully saturated rings. The Morgan fingerprint density at radius 3 is 2.35 bits per heavy atom. The minimum Gasteiger partial charge on any atom is -0.321 e. The molecule has 0 saturated heterocycles. The van der Waals surface area contributed by atoms with Gasteiger partial charge in [-0.3, -0.25) is 4.79 Å². The Labute approximate surface area is 144 Å². The summed E-state index contributed by atoms with van der Waals surface area (Å²) in [5, 5.41) is 2.70. The van der Waals surface area contributed by atoms with Crippen molar-refractivity contribution in [3.63, 3.8) is 0 Å². The van der Waals surface area contributed by atoms with Crippen molar-refractivity contribution >= 4 is 33.6 Å². The molecule has 0 aliphatic carbocycles. The molecule has 23 heavy (non-hydrogen) atoms. The highest BCUT2D eigenvalue weighted by Gasteiger charge is 2.12. The van der Waals surface area contributed by atoms with Gasteiger partial charge in [0.15, 0.2) is 0 Å². The molecule has 1 amide bonds. The number of carbonyl (C=O) groups is 1. The molecule has 0 heterocycles. The molecule has 0 atom stereocenters. The number of rotatable bonds is 3. The average molecular weight is 376 g/mol. The van der Waals surface area contributed by atoms with Gasteiger partial charge in [0.05, 0.1) is 5.69 Å². The molecule has 0 saturated carbocycles. The Kier molecular flexibility index (Phi) is 5.37. The number of amides is 1. The Morgan fingerprint density at radius 1 is 1.13 bits per heavy atom. The van der Waals surface area contributed by atoms with Gasteiger partial charge in [-0.05, 0) is 56.7 Å². The third-order valence-electron chi connectivity index (χ3n) is 3.39. The van der Waals surface area contributed by atoms with Crippen LogP contribution in [-0.2, 0) is 10.2 Å². The van der Waals surface area contributed by atoms with Crippen LogP contribution >= 0.6 is 15.9 Å². The standard InChI is InChI=1S/C19H19BrFNO/c1-19(2,3)14-7-4-13(5-8-14)6-11-18(23)22-17-10-9-15(21)12-16(17)20/h4-12H,1-3H3,(H,22,23)/b11-6+. The molecule has 0 aliphatic rings. The molecule has 0 aromatic heterocycles. The van der Waals surface area contributed by atoms with Crippen molar-refractivity contribution in [1.82, 2.24) is 0 Å². The first kappa shape index (κ1) is 17.4. The van der Waals surface area contributed by atoms with E-state index in [1.165, 1.54) is 29.8 Å². The number of halogens is 2. The lowest BCUT2D eigenvalue weighted by Crippen LogP contribution is -2.10. The SMILES string of the molecule is CC(C)(C)c1ccc(/C=C/C(=O)Nc2ccc(F)cc2Br)cc1. The van der Waals surface area contributed by atoms with Gasteiger partial charge in [0.25, 0.3) is 0 Å². The molecular weight excluding hydrogens is 357 g/mol. The maximum atomic E-state index is 13.0. The zero-order chi connectivity index (χ0) is 17.0. The maximum Gasteiger partial charge on any atom is 0.248 e. The van der Waals surface area contributed by atoms with E-state index in [2.05, 4.69) is 54.2 Å². The summed E-state index contributed by atoms with van der Waals surface area (Å²) in [5.41, 5.74) is 2.83. The molecule has 120 valence electrons. The molecule has 0 unspecified atom stereocenters. The van der Waals surface area contributed by atoms with Crippen LogP contribution in [0.1, 0.15) is 31.9 Å². The Balaban J connectivity index is 2.03. The van der Waals surface area contributed by atoms with E-state index in [1.54, 1.807) is 6.08 Å². The van der Waals surface area contributed by atoms with Crippen LogP contribution in [0.25, 0.3) is 6.08 Å². The highest BCUT2D eigenvalue weighted by atomic mass is 79.9. The minimum atomic E-state index is -0.357. The molecule has 2 aromatic carbocycles. The normalized spacial score (nSPS) is 11.7. The maximum absolute atomic E-state index is 13.0. The van der Waals surface area contributed by atoms with E-state index in [4.69, 9.17) is 0 Å². The first-order valence-corrected chi connectivity index (χ1v) is 8.10. The largest absolute Gasteiger partial charge is 0.321 e. The second kappa shape index (κ2) is 7.09. The predicted octanol–water partition coefficient (Wildman–Crippen LogP) is 5.54. The third kappa shape index (κ3) is 5.03. The summed E-state index contributed by atoms with van der Waals surface area (Å²) in [7, 11) is 0. The summed E-state index contributed by atoms with van der Waals surface area (Å²) < 4.78 is 13.5. The lowest BCUT2D eigenvalue weighted by Gasteiger charge is -2.18. The average Bonchev–Trinajstić information content (AvgIpc) is 2.47. The van der Waals surface area contributed by atoms with Gasteiger partial charge in [0.2, 0.25) is 5.91 Å². The molecule has 0 aliphatic heterocycles. The van der Waals surface area contributed by atoms with Crippen LogP contribution in [0.4, 0.5) is 10.1 Å². The van der Waals surface area contributed by atoms with Crippen LogP contribution in [0.3, 0.4) is 0 Å². The second-order valence-corrected chi connectivity index (χ2v) is 7.17. The number of nitrogens with one attached hydrogen (secondary N) is 1. The number of hydrogen-bond donors (Lipinski definition) is 1. The van der Waals surface area contributed by atoms with E-state index in [0.29, 0.717) is 10.2 Å². The summed E-state index contributed by atoms with van der Waals surface area (Å²) in [6, 6.07) is 12.2. The van der Waals surface area contributed by atoms with Crippen LogP contribution < -0.4 is 5.32 Å². The van der Waals surface area contributed by atoms with E-state index in [-0.39, 0.29) is 17.1 Å². The van der Waals surface area contributed by atoms with Gasteiger partial charge < -0.3 is 5.32 Å². The summed E-state index contributed by atoms with van der Waals surface area (Å²) >= 11 is 3.22. The second-order valence-electron chi connectivity index (χ2n) is 6.32. The van der Waals surface area contributed by atoms with Gasteiger partial charge in [-0.2, -0.15) is 0 Å². The van der Waals surface area contributed by atoms with Gasteiger partial charge in [0, 0.05) is 10.5 Å². The molecule has 0 bridgehead atoms. The van der Waals surface area contributed by atoms with Crippen LogP contribution in [-0.4, -0.2) is 5.91 Å². The fourth-order valence-electron chi connectivity index (χ4n) is 2.03. The number of benzene rings is 2. The molecule has 2 aromatic rings. The Bertz CT molecular complexity index is 730. The van der Waals surface area contributed by atoms with Crippen molar-refractivity contribution in [1.29, 1.82) is 0 Å². The van der Waals surface area contributed by atoms with Crippen molar-refractivity contribution in [2.75, 3.05) is 5.32 Å². The van der Waals surface area contributed by atoms with E-state index in [0.717, 1.165) is 5.56 Å². The van der Waals surface area contributed by atoms with Crippen molar-refractivity contribution in [3.8, 4) is 0 Å². The Morgan fingerprint density at radius 2 is 1.78 bits per heavy atom. The van der Waals surface area contributed by atoms with Crippen molar-refractivity contribution in [2.45, 2.75) is 26.2 Å². The molecule has 2 rings (SSSR count). The van der Waals surface area contributed by atoms with E-state index in [1.807, 2.05) is 12.1 Å². The predicted molar refractivity (Wildman–Crippen MR) is 96.9 cm³/mol. The molecular formula is C19H19BrFNO. The van der Waals surface area contributed by atoms with Gasteiger partial charge in [-0.1, -0.05) is 45.0 Å². The number of anilines is 1. The molecule has 0 radical (unpaired) electrons. The van der Waals surface area contributed by atoms with E-state index < -0.39 is 0 Å². The van der Waals surface area contributed by atoms with Gasteiger partial charge in [-0.25, -0.2) is 4.39 Å². The van der Waals surface area contributed by atoms with E-state index in [9.17, 15) is 9.18 Å². The molecule has 1 N–H and O–H groups in total. The zero-order valence-corrected chi connectivity index (χ0v) is 14.9. The van der Waals surface area contributed by atoms with Crippen molar-refractivity contribution in [2.24, 2.45) is 0 Å². The molecule has 0 spiro atoms. The smallest absolute Gasteiger partial charge is 0.248 e. The first-order valence-electron chi connectivity index (χ1n) is 7.30. The Hall–Kier alpha value is -1.94.